The molecule has 26 heavy (non-hydrogen) atoms. The summed E-state index contributed by atoms with van der Waals surface area (Å²) in [6, 6.07) is 9.29. The van der Waals surface area contributed by atoms with Crippen LogP contribution in [0.5, 0.6) is 0 Å². The lowest BCUT2D eigenvalue weighted by Gasteiger charge is -2.17. The average Bonchev–Trinajstić information content (AvgIpc) is 2.57. The molecule has 0 saturated carbocycles. The van der Waals surface area contributed by atoms with Crippen molar-refractivity contribution in [3.8, 4) is 0 Å². The van der Waals surface area contributed by atoms with Gasteiger partial charge in [-0.2, -0.15) is 0 Å². The minimum atomic E-state index is -0.565. The number of fused-ring (bicyclic) bond motifs is 1. The normalized spacial score (nSPS) is 12.0. The highest BCUT2D eigenvalue weighted by Crippen LogP contribution is 2.17. The predicted molar refractivity (Wildman–Crippen MR) is 99.0 cm³/mol. The molecule has 0 unspecified atom stereocenters. The molecule has 1 atom stereocenters. The number of aromatic nitrogens is 2. The van der Waals surface area contributed by atoms with Crippen LogP contribution in [0.1, 0.15) is 18.8 Å². The fourth-order valence-electron chi connectivity index (χ4n) is 2.64. The van der Waals surface area contributed by atoms with Gasteiger partial charge in [-0.05, 0) is 43.3 Å². The van der Waals surface area contributed by atoms with Crippen molar-refractivity contribution in [1.29, 1.82) is 0 Å². The van der Waals surface area contributed by atoms with Crippen LogP contribution < -0.4 is 16.2 Å². The highest BCUT2D eigenvalue weighted by Gasteiger charge is 2.17. The maximum absolute atomic E-state index is 13.2. The zero-order valence-corrected chi connectivity index (χ0v) is 14.8. The third-order valence-corrected chi connectivity index (χ3v) is 4.13. The number of halogens is 2. The molecule has 0 radical (unpaired) electrons. The lowest BCUT2D eigenvalue weighted by molar-refractivity contribution is 0.248. The summed E-state index contributed by atoms with van der Waals surface area (Å²) >= 11 is 5.97. The number of rotatable bonds is 3. The van der Waals surface area contributed by atoms with Crippen molar-refractivity contribution in [2.45, 2.75) is 13.0 Å². The van der Waals surface area contributed by atoms with E-state index in [1.54, 1.807) is 38.2 Å². The quantitative estimate of drug-likeness (QED) is 0.735. The Morgan fingerprint density at radius 1 is 1.27 bits per heavy atom. The SMILES string of the molecule is C[C@@H](NC(=O)Nc1cccc(F)c1)c1nc2cc(Cl)ccc2c(=O)n1C. The molecule has 134 valence electrons. The highest BCUT2D eigenvalue weighted by molar-refractivity contribution is 6.31. The molecule has 3 aromatic rings. The number of urea groups is 1. The van der Waals surface area contributed by atoms with Crippen LogP contribution in [-0.2, 0) is 7.05 Å². The third kappa shape index (κ3) is 3.67. The van der Waals surface area contributed by atoms with Crippen molar-refractivity contribution in [2.24, 2.45) is 7.05 Å². The van der Waals surface area contributed by atoms with Gasteiger partial charge >= 0.3 is 6.03 Å². The van der Waals surface area contributed by atoms with E-state index in [-0.39, 0.29) is 5.56 Å². The molecule has 0 bridgehead atoms. The number of carbonyl (C=O) groups is 1. The van der Waals surface area contributed by atoms with Crippen LogP contribution in [0.4, 0.5) is 14.9 Å². The monoisotopic (exact) mass is 374 g/mol. The summed E-state index contributed by atoms with van der Waals surface area (Å²) < 4.78 is 14.6. The van der Waals surface area contributed by atoms with Crippen molar-refractivity contribution in [1.82, 2.24) is 14.9 Å². The second-order valence-corrected chi connectivity index (χ2v) is 6.26. The number of anilines is 1. The molecule has 2 aromatic carbocycles. The van der Waals surface area contributed by atoms with Gasteiger partial charge < -0.3 is 10.6 Å². The molecule has 1 aromatic heterocycles. The van der Waals surface area contributed by atoms with Gasteiger partial charge in [0.15, 0.2) is 0 Å². The Morgan fingerprint density at radius 3 is 2.77 bits per heavy atom. The van der Waals surface area contributed by atoms with Crippen molar-refractivity contribution in [3.05, 3.63) is 69.5 Å². The molecule has 2 amide bonds. The lowest BCUT2D eigenvalue weighted by Crippen LogP contribution is -2.35. The fourth-order valence-corrected chi connectivity index (χ4v) is 2.81. The molecule has 0 aliphatic heterocycles. The van der Waals surface area contributed by atoms with Crippen LogP contribution in [0.2, 0.25) is 5.02 Å². The first kappa shape index (κ1) is 17.9. The molecule has 3 rings (SSSR count). The van der Waals surface area contributed by atoms with Gasteiger partial charge in [0.2, 0.25) is 0 Å². The molecule has 8 heteroatoms. The van der Waals surface area contributed by atoms with Crippen LogP contribution in [0, 0.1) is 5.82 Å². The van der Waals surface area contributed by atoms with Gasteiger partial charge in [0, 0.05) is 17.8 Å². The first-order chi connectivity index (χ1) is 12.3. The van der Waals surface area contributed by atoms with Gasteiger partial charge in [0.1, 0.15) is 11.6 Å². The number of benzene rings is 2. The lowest BCUT2D eigenvalue weighted by atomic mass is 10.2. The number of hydrogen-bond acceptors (Lipinski definition) is 3. The first-order valence-electron chi connectivity index (χ1n) is 7.84. The van der Waals surface area contributed by atoms with Crippen LogP contribution in [0.25, 0.3) is 10.9 Å². The zero-order valence-electron chi connectivity index (χ0n) is 14.1. The second kappa shape index (κ2) is 7.13. The maximum Gasteiger partial charge on any atom is 0.319 e. The summed E-state index contributed by atoms with van der Waals surface area (Å²) in [5, 5.41) is 6.13. The molecular weight excluding hydrogens is 359 g/mol. The smallest absolute Gasteiger partial charge is 0.319 e. The van der Waals surface area contributed by atoms with Crippen molar-refractivity contribution in [3.63, 3.8) is 0 Å². The van der Waals surface area contributed by atoms with Crippen molar-refractivity contribution >= 4 is 34.2 Å². The molecule has 0 aliphatic carbocycles. The Balaban J connectivity index is 1.85. The number of nitrogens with zero attached hydrogens (tertiary/aromatic N) is 2. The first-order valence-corrected chi connectivity index (χ1v) is 8.22. The number of amides is 2. The van der Waals surface area contributed by atoms with Gasteiger partial charge in [-0.15, -0.1) is 0 Å². The maximum atomic E-state index is 13.2. The van der Waals surface area contributed by atoms with Gasteiger partial charge in [0.05, 0.1) is 16.9 Å². The average molecular weight is 375 g/mol. The Labute approximate surface area is 153 Å². The standard InChI is InChI=1S/C18H16ClFN4O2/c1-10(21-18(26)22-13-5-3-4-12(20)9-13)16-23-15-8-11(19)6-7-14(15)17(25)24(16)2/h3-10H,1-2H3,(H2,21,22,26)/t10-/m1/s1. The van der Waals surface area contributed by atoms with E-state index in [1.807, 2.05) is 0 Å². The van der Waals surface area contributed by atoms with E-state index in [4.69, 9.17) is 11.6 Å². The summed E-state index contributed by atoms with van der Waals surface area (Å²) in [4.78, 5) is 29.1. The molecule has 0 spiro atoms. The minimum absolute atomic E-state index is 0.235. The molecule has 2 N–H and O–H groups in total. The molecular formula is C18H16ClFN4O2. The fraction of sp³-hybridized carbons (Fsp3) is 0.167. The van der Waals surface area contributed by atoms with E-state index >= 15 is 0 Å². The van der Waals surface area contributed by atoms with E-state index in [0.29, 0.717) is 27.4 Å². The van der Waals surface area contributed by atoms with Crippen LogP contribution >= 0.6 is 11.6 Å². The van der Waals surface area contributed by atoms with Gasteiger partial charge in [-0.25, -0.2) is 14.2 Å². The molecule has 1 heterocycles. The summed E-state index contributed by atoms with van der Waals surface area (Å²) in [6.45, 7) is 1.70. The number of nitrogens with one attached hydrogen (secondary N) is 2. The van der Waals surface area contributed by atoms with E-state index in [2.05, 4.69) is 15.6 Å². The van der Waals surface area contributed by atoms with E-state index < -0.39 is 17.9 Å². The summed E-state index contributed by atoms with van der Waals surface area (Å²) in [7, 11) is 1.58. The summed E-state index contributed by atoms with van der Waals surface area (Å²) in [6.07, 6.45) is 0. The number of carbonyl (C=O) groups excluding carboxylic acids is 1. The predicted octanol–water partition coefficient (Wildman–Crippen LogP) is 3.61. The van der Waals surface area contributed by atoms with Gasteiger partial charge in [-0.3, -0.25) is 9.36 Å². The van der Waals surface area contributed by atoms with E-state index in [9.17, 15) is 14.0 Å². The van der Waals surface area contributed by atoms with Crippen LogP contribution in [0.15, 0.2) is 47.3 Å². The Morgan fingerprint density at radius 2 is 2.04 bits per heavy atom. The molecule has 0 aliphatic rings. The zero-order chi connectivity index (χ0) is 18.8. The Kier molecular flexibility index (Phi) is 4.90. The minimum Gasteiger partial charge on any atom is -0.328 e. The van der Waals surface area contributed by atoms with Gasteiger partial charge in [0.25, 0.3) is 5.56 Å². The third-order valence-electron chi connectivity index (χ3n) is 3.89. The van der Waals surface area contributed by atoms with E-state index in [0.717, 1.165) is 0 Å². The molecule has 0 saturated heterocycles. The van der Waals surface area contributed by atoms with E-state index in [1.165, 1.54) is 22.8 Å². The largest absolute Gasteiger partial charge is 0.328 e. The Bertz CT molecular complexity index is 1050. The second-order valence-electron chi connectivity index (χ2n) is 5.83. The molecule has 6 nitrogen and oxygen atoms in total. The van der Waals surface area contributed by atoms with Crippen molar-refractivity contribution < 1.29 is 9.18 Å². The summed E-state index contributed by atoms with van der Waals surface area (Å²) in [5.74, 6) is -0.0783. The van der Waals surface area contributed by atoms with Crippen LogP contribution in [0.3, 0.4) is 0 Å². The van der Waals surface area contributed by atoms with Crippen molar-refractivity contribution in [2.75, 3.05) is 5.32 Å². The van der Waals surface area contributed by atoms with Gasteiger partial charge in [-0.1, -0.05) is 17.7 Å². The topological polar surface area (TPSA) is 76.0 Å². The number of hydrogen-bond donors (Lipinski definition) is 2. The van der Waals surface area contributed by atoms with Crippen LogP contribution in [-0.4, -0.2) is 15.6 Å². The highest BCUT2D eigenvalue weighted by atomic mass is 35.5. The Hall–Kier alpha value is -2.93. The summed E-state index contributed by atoms with van der Waals surface area (Å²) in [5.41, 5.74) is 0.539. The molecule has 0 fully saturated rings.